The van der Waals surface area contributed by atoms with Gasteiger partial charge in [-0.15, -0.1) is 0 Å². The van der Waals surface area contributed by atoms with E-state index in [2.05, 4.69) is 19.8 Å². The number of likely N-dealkylation sites (tertiary alicyclic amines) is 1. The average molecular weight is 358 g/mol. The third kappa shape index (κ3) is 3.18. The fraction of sp³-hybridized carbons (Fsp3) is 0.500. The van der Waals surface area contributed by atoms with Gasteiger partial charge in [0.1, 0.15) is 0 Å². The van der Waals surface area contributed by atoms with Gasteiger partial charge in [-0.3, -0.25) is 14.9 Å². The van der Waals surface area contributed by atoms with Crippen molar-refractivity contribution in [1.82, 2.24) is 14.9 Å². The SMILES string of the molecule is Cc1cccc(CN2CCC(F)(F)[C@]3(CCN(c4cccnc4)C3)C2)n1. The normalized spacial score (nSPS) is 25.7. The van der Waals surface area contributed by atoms with Gasteiger partial charge in [-0.2, -0.15) is 0 Å². The Morgan fingerprint density at radius 1 is 1.08 bits per heavy atom. The number of alkyl halides is 2. The van der Waals surface area contributed by atoms with Crippen LogP contribution < -0.4 is 4.90 Å². The van der Waals surface area contributed by atoms with Crippen molar-refractivity contribution in [2.75, 3.05) is 31.1 Å². The Bertz CT molecular complexity index is 767. The number of anilines is 1. The smallest absolute Gasteiger partial charge is 0.257 e. The lowest BCUT2D eigenvalue weighted by molar-refractivity contribution is -0.159. The van der Waals surface area contributed by atoms with Crippen LogP contribution in [0.4, 0.5) is 14.5 Å². The van der Waals surface area contributed by atoms with Crippen LogP contribution >= 0.6 is 0 Å². The van der Waals surface area contributed by atoms with E-state index < -0.39 is 11.3 Å². The van der Waals surface area contributed by atoms with Gasteiger partial charge in [-0.05, 0) is 37.6 Å². The van der Waals surface area contributed by atoms with Gasteiger partial charge in [0.05, 0.1) is 23.0 Å². The molecule has 0 radical (unpaired) electrons. The van der Waals surface area contributed by atoms with Crippen LogP contribution in [-0.2, 0) is 6.54 Å². The molecule has 2 aliphatic heterocycles. The van der Waals surface area contributed by atoms with Crippen molar-refractivity contribution >= 4 is 5.69 Å². The van der Waals surface area contributed by atoms with Gasteiger partial charge >= 0.3 is 0 Å². The zero-order valence-electron chi connectivity index (χ0n) is 15.0. The largest absolute Gasteiger partial charge is 0.369 e. The summed E-state index contributed by atoms with van der Waals surface area (Å²) in [5.74, 6) is -2.64. The van der Waals surface area contributed by atoms with E-state index >= 15 is 0 Å². The number of hydrogen-bond acceptors (Lipinski definition) is 4. The summed E-state index contributed by atoms with van der Waals surface area (Å²) in [4.78, 5) is 12.9. The van der Waals surface area contributed by atoms with Crippen molar-refractivity contribution < 1.29 is 8.78 Å². The van der Waals surface area contributed by atoms with Crippen LogP contribution in [-0.4, -0.2) is 47.0 Å². The standard InChI is InChI=1S/C20H24F2N4/c1-16-4-2-5-17(24-16)13-25-10-8-20(21,22)19(14-25)7-11-26(15-19)18-6-3-9-23-12-18/h2-6,9,12H,7-8,10-11,13-15H2,1H3/t19-/m1/s1. The van der Waals surface area contributed by atoms with E-state index in [0.29, 0.717) is 39.1 Å². The number of aromatic nitrogens is 2. The van der Waals surface area contributed by atoms with Gasteiger partial charge in [-0.25, -0.2) is 8.78 Å². The fourth-order valence-electron chi connectivity index (χ4n) is 4.30. The van der Waals surface area contributed by atoms with Crippen LogP contribution in [0.2, 0.25) is 0 Å². The highest BCUT2D eigenvalue weighted by Gasteiger charge is 2.59. The topological polar surface area (TPSA) is 32.3 Å². The molecule has 2 aromatic rings. The molecule has 0 aromatic carbocycles. The van der Waals surface area contributed by atoms with E-state index in [1.165, 1.54) is 0 Å². The number of piperidine rings is 1. The summed E-state index contributed by atoms with van der Waals surface area (Å²) < 4.78 is 29.9. The molecule has 4 rings (SSSR count). The summed E-state index contributed by atoms with van der Waals surface area (Å²) in [5.41, 5.74) is 1.85. The van der Waals surface area contributed by atoms with Gasteiger partial charge in [0.15, 0.2) is 0 Å². The summed E-state index contributed by atoms with van der Waals surface area (Å²) >= 11 is 0. The highest BCUT2D eigenvalue weighted by molar-refractivity contribution is 5.45. The molecule has 4 heterocycles. The molecule has 0 unspecified atom stereocenters. The molecule has 0 aliphatic carbocycles. The lowest BCUT2D eigenvalue weighted by atomic mass is 9.75. The molecular weight excluding hydrogens is 334 g/mol. The lowest BCUT2D eigenvalue weighted by Gasteiger charge is -2.46. The summed E-state index contributed by atoms with van der Waals surface area (Å²) in [5, 5.41) is 0. The monoisotopic (exact) mass is 358 g/mol. The molecule has 4 nitrogen and oxygen atoms in total. The van der Waals surface area contributed by atoms with E-state index in [-0.39, 0.29) is 6.42 Å². The summed E-state index contributed by atoms with van der Waals surface area (Å²) in [7, 11) is 0. The van der Waals surface area contributed by atoms with Crippen LogP contribution in [0.15, 0.2) is 42.7 Å². The molecule has 2 aliphatic rings. The van der Waals surface area contributed by atoms with Gasteiger partial charge in [0.25, 0.3) is 5.92 Å². The molecule has 2 fully saturated rings. The Kier molecular flexibility index (Phi) is 4.39. The van der Waals surface area contributed by atoms with Crippen LogP contribution in [0.25, 0.3) is 0 Å². The molecule has 2 saturated heterocycles. The molecule has 26 heavy (non-hydrogen) atoms. The quantitative estimate of drug-likeness (QED) is 0.840. The minimum absolute atomic E-state index is 0.0836. The second kappa shape index (κ2) is 6.58. The Balaban J connectivity index is 1.52. The first-order valence-electron chi connectivity index (χ1n) is 9.15. The molecule has 0 N–H and O–H groups in total. The fourth-order valence-corrected chi connectivity index (χ4v) is 4.30. The van der Waals surface area contributed by atoms with Crippen molar-refractivity contribution in [2.24, 2.45) is 5.41 Å². The predicted octanol–water partition coefficient (Wildman–Crippen LogP) is 3.52. The summed E-state index contributed by atoms with van der Waals surface area (Å²) in [6.07, 6.45) is 3.89. The Morgan fingerprint density at radius 3 is 2.73 bits per heavy atom. The van der Waals surface area contributed by atoms with E-state index in [9.17, 15) is 8.78 Å². The molecule has 6 heteroatoms. The maximum Gasteiger partial charge on any atom is 0.257 e. The molecule has 138 valence electrons. The van der Waals surface area contributed by atoms with E-state index in [1.54, 1.807) is 12.4 Å². The van der Waals surface area contributed by atoms with Crippen LogP contribution in [0.1, 0.15) is 24.2 Å². The number of halogens is 2. The zero-order valence-corrected chi connectivity index (χ0v) is 15.0. The number of pyridine rings is 2. The van der Waals surface area contributed by atoms with Gasteiger partial charge in [-0.1, -0.05) is 6.07 Å². The van der Waals surface area contributed by atoms with E-state index in [4.69, 9.17) is 0 Å². The first-order chi connectivity index (χ1) is 12.5. The first kappa shape index (κ1) is 17.3. The van der Waals surface area contributed by atoms with Crippen LogP contribution in [0.5, 0.6) is 0 Å². The van der Waals surface area contributed by atoms with E-state index in [1.807, 2.05) is 37.3 Å². The molecule has 1 atom stereocenters. The maximum atomic E-state index is 14.9. The van der Waals surface area contributed by atoms with Gasteiger partial charge in [0, 0.05) is 51.0 Å². The second-order valence-electron chi connectivity index (χ2n) is 7.60. The first-order valence-corrected chi connectivity index (χ1v) is 9.15. The Labute approximate surface area is 152 Å². The Morgan fingerprint density at radius 2 is 1.96 bits per heavy atom. The number of aryl methyl sites for hydroxylation is 1. The predicted molar refractivity (Wildman–Crippen MR) is 97.3 cm³/mol. The number of hydrogen-bond donors (Lipinski definition) is 0. The van der Waals surface area contributed by atoms with Crippen molar-refractivity contribution in [2.45, 2.75) is 32.2 Å². The van der Waals surface area contributed by atoms with Crippen LogP contribution in [0.3, 0.4) is 0 Å². The van der Waals surface area contributed by atoms with Crippen molar-refractivity contribution in [3.05, 3.63) is 54.1 Å². The molecule has 2 aromatic heterocycles. The second-order valence-corrected chi connectivity index (χ2v) is 7.60. The molecular formula is C20H24F2N4. The summed E-state index contributed by atoms with van der Waals surface area (Å²) in [6.45, 7) is 4.44. The van der Waals surface area contributed by atoms with E-state index in [0.717, 1.165) is 17.1 Å². The highest BCUT2D eigenvalue weighted by Crippen LogP contribution is 2.50. The number of rotatable bonds is 3. The average Bonchev–Trinajstić information content (AvgIpc) is 3.05. The lowest BCUT2D eigenvalue weighted by Crippen LogP contribution is -2.56. The minimum Gasteiger partial charge on any atom is -0.369 e. The molecule has 1 spiro atoms. The third-order valence-corrected chi connectivity index (χ3v) is 5.74. The Hall–Kier alpha value is -2.08. The minimum atomic E-state index is -2.64. The van der Waals surface area contributed by atoms with Crippen molar-refractivity contribution in [3.63, 3.8) is 0 Å². The maximum absolute atomic E-state index is 14.9. The highest BCUT2D eigenvalue weighted by atomic mass is 19.3. The molecule has 0 bridgehead atoms. The van der Waals surface area contributed by atoms with Crippen LogP contribution in [0, 0.1) is 12.3 Å². The van der Waals surface area contributed by atoms with Crippen molar-refractivity contribution in [1.29, 1.82) is 0 Å². The van der Waals surface area contributed by atoms with Gasteiger partial charge in [0.2, 0.25) is 0 Å². The third-order valence-electron chi connectivity index (χ3n) is 5.74. The zero-order chi connectivity index (χ0) is 18.2. The number of nitrogens with zero attached hydrogens (tertiary/aromatic N) is 4. The molecule has 0 amide bonds. The van der Waals surface area contributed by atoms with Crippen molar-refractivity contribution in [3.8, 4) is 0 Å². The summed E-state index contributed by atoms with van der Waals surface area (Å²) in [6, 6.07) is 9.71. The molecule has 0 saturated carbocycles. The van der Waals surface area contributed by atoms with Gasteiger partial charge < -0.3 is 4.90 Å².